The smallest absolute Gasteiger partial charge is 0.253 e. The third kappa shape index (κ3) is 9.74. The Labute approximate surface area is 257 Å². The first kappa shape index (κ1) is 31.9. The van der Waals surface area contributed by atoms with Gasteiger partial charge in [0.2, 0.25) is 0 Å². The number of ether oxygens (including phenoxy) is 1. The Bertz CT molecular complexity index is 1490. The van der Waals surface area contributed by atoms with E-state index in [1.807, 2.05) is 80.7 Å². The number of nitrogens with zero attached hydrogens (tertiary/aromatic N) is 2. The lowest BCUT2D eigenvalue weighted by Gasteiger charge is -2.25. The molecule has 2 unspecified atom stereocenters. The minimum atomic E-state index is -0.864. The van der Waals surface area contributed by atoms with Crippen molar-refractivity contribution >= 4 is 23.2 Å². The van der Waals surface area contributed by atoms with Crippen molar-refractivity contribution in [2.75, 3.05) is 13.6 Å². The average molecular weight is 601 g/mol. The summed E-state index contributed by atoms with van der Waals surface area (Å²) in [5, 5.41) is 20.3. The number of aliphatic hydroxyl groups is 1. The van der Waals surface area contributed by atoms with Gasteiger partial charge in [0.05, 0.1) is 24.8 Å². The molecule has 3 aromatic carbocycles. The summed E-state index contributed by atoms with van der Waals surface area (Å²) in [5.74, 6) is 0.246. The van der Waals surface area contributed by atoms with Crippen molar-refractivity contribution in [2.45, 2.75) is 58.5 Å². The highest BCUT2D eigenvalue weighted by molar-refractivity contribution is 7.09. The minimum Gasteiger partial charge on any atom is -0.491 e. The fourth-order valence-electron chi connectivity index (χ4n) is 4.67. The highest BCUT2D eigenvalue weighted by Gasteiger charge is 2.23. The van der Waals surface area contributed by atoms with Crippen LogP contribution in [0.25, 0.3) is 0 Å². The number of carbonyl (C=O) groups excluding carboxylic acids is 2. The third-order valence-electron chi connectivity index (χ3n) is 6.79. The average Bonchev–Trinajstić information content (AvgIpc) is 3.40. The first-order chi connectivity index (χ1) is 20.7. The number of aliphatic hydroxyl groups excluding tert-OH is 1. The van der Waals surface area contributed by atoms with E-state index < -0.39 is 12.1 Å². The van der Waals surface area contributed by atoms with Crippen molar-refractivity contribution in [3.63, 3.8) is 0 Å². The van der Waals surface area contributed by atoms with Gasteiger partial charge >= 0.3 is 0 Å². The molecule has 2 atom stereocenters. The van der Waals surface area contributed by atoms with Gasteiger partial charge in [-0.2, -0.15) is 0 Å². The van der Waals surface area contributed by atoms with Crippen LogP contribution in [0.5, 0.6) is 5.75 Å². The Balaban J connectivity index is 1.41. The van der Waals surface area contributed by atoms with Gasteiger partial charge in [-0.15, -0.1) is 11.3 Å². The van der Waals surface area contributed by atoms with E-state index in [4.69, 9.17) is 4.74 Å². The van der Waals surface area contributed by atoms with Crippen LogP contribution in [-0.4, -0.2) is 58.6 Å². The predicted octanol–water partition coefficient (Wildman–Crippen LogP) is 5.00. The van der Waals surface area contributed by atoms with Crippen LogP contribution in [-0.2, 0) is 19.5 Å². The molecule has 4 aromatic rings. The molecular formula is C34H40N4O4S. The fourth-order valence-corrected chi connectivity index (χ4v) is 5.50. The molecule has 3 N–H and O–H groups in total. The summed E-state index contributed by atoms with van der Waals surface area (Å²) in [5.41, 5.74) is 3.71. The summed E-state index contributed by atoms with van der Waals surface area (Å²) in [6, 6.07) is 23.7. The van der Waals surface area contributed by atoms with Gasteiger partial charge in [-0.1, -0.05) is 48.5 Å². The van der Waals surface area contributed by atoms with E-state index in [1.165, 1.54) is 11.3 Å². The third-order valence-corrected chi connectivity index (χ3v) is 7.74. The van der Waals surface area contributed by atoms with E-state index in [9.17, 15) is 14.7 Å². The van der Waals surface area contributed by atoms with Gasteiger partial charge in [0.1, 0.15) is 10.8 Å². The number of aryl methyl sites for hydroxylation is 1. The van der Waals surface area contributed by atoms with E-state index in [0.717, 1.165) is 27.6 Å². The van der Waals surface area contributed by atoms with Crippen molar-refractivity contribution in [1.82, 2.24) is 20.5 Å². The van der Waals surface area contributed by atoms with E-state index in [2.05, 4.69) is 15.6 Å². The monoisotopic (exact) mass is 600 g/mol. The van der Waals surface area contributed by atoms with Gasteiger partial charge in [0.25, 0.3) is 11.8 Å². The number of hydrogen-bond donors (Lipinski definition) is 3. The van der Waals surface area contributed by atoms with Gasteiger partial charge in [-0.3, -0.25) is 9.59 Å². The number of thiazole rings is 1. The summed E-state index contributed by atoms with van der Waals surface area (Å²) in [6.07, 6.45) is -0.334. The van der Waals surface area contributed by atoms with E-state index >= 15 is 0 Å². The molecule has 0 aliphatic carbocycles. The van der Waals surface area contributed by atoms with Crippen molar-refractivity contribution in [3.05, 3.63) is 117 Å². The van der Waals surface area contributed by atoms with Crippen molar-refractivity contribution in [2.24, 2.45) is 0 Å². The lowest BCUT2D eigenvalue weighted by Crippen LogP contribution is -2.48. The van der Waals surface area contributed by atoms with Crippen LogP contribution in [0, 0.1) is 6.92 Å². The SMILES string of the molecule is Cc1csc(CN(C)C(=O)c2cccc(C(=O)NC(Cc3ccccc3)C(O)CNCc3cccc(OC(C)C)c3)c2)n1. The van der Waals surface area contributed by atoms with Crippen LogP contribution < -0.4 is 15.4 Å². The Morgan fingerprint density at radius 2 is 1.70 bits per heavy atom. The molecule has 0 saturated heterocycles. The maximum Gasteiger partial charge on any atom is 0.253 e. The number of carbonyl (C=O) groups is 2. The predicted molar refractivity (Wildman–Crippen MR) is 170 cm³/mol. The summed E-state index contributed by atoms with van der Waals surface area (Å²) in [7, 11) is 1.72. The summed E-state index contributed by atoms with van der Waals surface area (Å²) >= 11 is 1.51. The Hall–Kier alpha value is -4.05. The second-order valence-corrected chi connectivity index (χ2v) is 11.8. The molecule has 0 aliphatic heterocycles. The van der Waals surface area contributed by atoms with Crippen LogP contribution in [0.1, 0.15) is 56.4 Å². The lowest BCUT2D eigenvalue weighted by molar-refractivity contribution is 0.0784. The van der Waals surface area contributed by atoms with Gasteiger partial charge in [0, 0.05) is 42.3 Å². The quantitative estimate of drug-likeness (QED) is 0.188. The molecular weight excluding hydrogens is 560 g/mol. The standard InChI is InChI=1S/C34H40N4O4S/c1-23(2)42-29-15-8-12-26(16-29)19-35-20-31(39)30(17-25-10-6-5-7-11-25)37-33(40)27-13-9-14-28(18-27)34(41)38(4)21-32-36-24(3)22-43-32/h5-16,18,22-23,30-31,35,39H,17,19-21H2,1-4H3,(H,37,40). The topological polar surface area (TPSA) is 104 Å². The van der Waals surface area contributed by atoms with Crippen LogP contribution in [0.4, 0.5) is 0 Å². The van der Waals surface area contributed by atoms with Crippen molar-refractivity contribution in [1.29, 1.82) is 0 Å². The first-order valence-electron chi connectivity index (χ1n) is 14.4. The molecule has 0 bridgehead atoms. The molecule has 0 radical (unpaired) electrons. The van der Waals surface area contributed by atoms with E-state index in [0.29, 0.717) is 30.6 Å². The zero-order valence-corrected chi connectivity index (χ0v) is 25.9. The van der Waals surface area contributed by atoms with Crippen LogP contribution in [0.15, 0.2) is 84.2 Å². The summed E-state index contributed by atoms with van der Waals surface area (Å²) in [4.78, 5) is 32.6. The van der Waals surface area contributed by atoms with Gasteiger partial charge in [0.15, 0.2) is 0 Å². The van der Waals surface area contributed by atoms with Gasteiger partial charge < -0.3 is 25.4 Å². The number of amides is 2. The van der Waals surface area contributed by atoms with Gasteiger partial charge in [-0.25, -0.2) is 4.98 Å². The highest BCUT2D eigenvalue weighted by atomic mass is 32.1. The first-order valence-corrected chi connectivity index (χ1v) is 15.3. The van der Waals surface area contributed by atoms with Gasteiger partial charge in [-0.05, 0) is 68.7 Å². The number of nitrogens with one attached hydrogen (secondary N) is 2. The summed E-state index contributed by atoms with van der Waals surface area (Å²) in [6.45, 7) is 7.09. The Kier molecular flexibility index (Phi) is 11.4. The van der Waals surface area contributed by atoms with Crippen LogP contribution in [0.3, 0.4) is 0 Å². The maximum atomic E-state index is 13.4. The van der Waals surface area contributed by atoms with Crippen LogP contribution in [0.2, 0.25) is 0 Å². The molecule has 0 saturated carbocycles. The van der Waals surface area contributed by atoms with Crippen LogP contribution >= 0.6 is 11.3 Å². The minimum absolute atomic E-state index is 0.0833. The second kappa shape index (κ2) is 15.4. The number of rotatable bonds is 14. The van der Waals surface area contributed by atoms with E-state index in [-0.39, 0.29) is 24.5 Å². The Morgan fingerprint density at radius 1 is 0.977 bits per heavy atom. The zero-order valence-electron chi connectivity index (χ0n) is 25.1. The molecule has 226 valence electrons. The molecule has 0 fully saturated rings. The largest absolute Gasteiger partial charge is 0.491 e. The molecule has 1 aromatic heterocycles. The number of benzene rings is 3. The second-order valence-electron chi connectivity index (χ2n) is 10.9. The van der Waals surface area contributed by atoms with Crippen molar-refractivity contribution < 1.29 is 19.4 Å². The molecule has 0 aliphatic rings. The molecule has 9 heteroatoms. The van der Waals surface area contributed by atoms with Crippen molar-refractivity contribution in [3.8, 4) is 5.75 Å². The molecule has 8 nitrogen and oxygen atoms in total. The molecule has 4 rings (SSSR count). The maximum absolute atomic E-state index is 13.4. The highest BCUT2D eigenvalue weighted by Crippen LogP contribution is 2.16. The molecule has 2 amide bonds. The molecule has 1 heterocycles. The zero-order chi connectivity index (χ0) is 30.8. The van der Waals surface area contributed by atoms with E-state index in [1.54, 1.807) is 36.2 Å². The normalized spacial score (nSPS) is 12.5. The number of hydrogen-bond acceptors (Lipinski definition) is 7. The molecule has 43 heavy (non-hydrogen) atoms. The Morgan fingerprint density at radius 3 is 2.42 bits per heavy atom. The summed E-state index contributed by atoms with van der Waals surface area (Å²) < 4.78 is 5.79. The molecule has 0 spiro atoms. The number of aromatic nitrogens is 1. The fraction of sp³-hybridized carbons (Fsp3) is 0.324. The lowest BCUT2D eigenvalue weighted by atomic mass is 10.00.